The van der Waals surface area contributed by atoms with E-state index in [4.69, 9.17) is 14.4 Å². The van der Waals surface area contributed by atoms with Gasteiger partial charge in [-0.3, -0.25) is 4.40 Å². The molecule has 49 heavy (non-hydrogen) atoms. The summed E-state index contributed by atoms with van der Waals surface area (Å²) >= 11 is 0. The molecule has 0 radical (unpaired) electrons. The van der Waals surface area contributed by atoms with Crippen LogP contribution in [0.4, 0.5) is 0 Å². The van der Waals surface area contributed by atoms with E-state index in [1.54, 1.807) is 0 Å². The average molecular weight is 625 g/mol. The molecule has 0 saturated heterocycles. The normalized spacial score (nSPS) is 12.5. The number of furan rings is 1. The van der Waals surface area contributed by atoms with Crippen molar-refractivity contribution in [2.45, 2.75) is 0 Å². The lowest BCUT2D eigenvalue weighted by Crippen LogP contribution is -1.94. The monoisotopic (exact) mass is 624 g/mol. The molecule has 5 aromatic heterocycles. The number of hydrogen-bond acceptors (Lipinski definition) is 3. The number of benzene rings is 7. The Labute approximate surface area is 278 Å². The first kappa shape index (κ1) is 25.4. The summed E-state index contributed by atoms with van der Waals surface area (Å²) in [4.78, 5) is 10.2. The number of para-hydroxylation sites is 5. The highest BCUT2D eigenvalue weighted by molar-refractivity contribution is 6.23. The maximum absolute atomic E-state index is 6.12. The molecule has 0 aliphatic carbocycles. The van der Waals surface area contributed by atoms with Crippen LogP contribution in [0.3, 0.4) is 0 Å². The Bertz CT molecular complexity index is 3340. The van der Waals surface area contributed by atoms with Crippen LogP contribution in [-0.2, 0) is 0 Å². The van der Waals surface area contributed by atoms with Gasteiger partial charge in [0.25, 0.3) is 0 Å². The van der Waals surface area contributed by atoms with Gasteiger partial charge in [-0.1, -0.05) is 78.9 Å². The molecule has 0 atom stereocenters. The van der Waals surface area contributed by atoms with E-state index in [1.807, 2.05) is 36.4 Å². The zero-order chi connectivity index (χ0) is 31.8. The van der Waals surface area contributed by atoms with Crippen LogP contribution in [0.2, 0.25) is 0 Å². The molecule has 0 aliphatic heterocycles. The van der Waals surface area contributed by atoms with Crippen LogP contribution in [0.5, 0.6) is 0 Å². The molecule has 12 rings (SSSR count). The van der Waals surface area contributed by atoms with E-state index >= 15 is 0 Å². The van der Waals surface area contributed by atoms with Gasteiger partial charge < -0.3 is 8.98 Å². The summed E-state index contributed by atoms with van der Waals surface area (Å²) in [6, 6.07) is 51.9. The Kier molecular flexibility index (Phi) is 4.66. The van der Waals surface area contributed by atoms with Crippen molar-refractivity contribution in [1.82, 2.24) is 18.9 Å². The third-order valence-corrected chi connectivity index (χ3v) is 10.4. The van der Waals surface area contributed by atoms with Gasteiger partial charge in [-0.2, -0.15) is 0 Å². The largest absolute Gasteiger partial charge is 0.456 e. The standard InChI is InChI=1S/C44H24N4O/c1-5-14-37-28(8-1)32-22-25(26-17-21-41-34(23-26)29-9-2-6-15-40(29)49-41)16-19-38(32)47(37)27-18-20-39-33(24-27)30-10-7-11-31-42-44(48(39)43(30)31)46-36-13-4-3-12-35(36)45-42/h1-24H. The molecular formula is C44H24N4O. The molecule has 0 saturated carbocycles. The summed E-state index contributed by atoms with van der Waals surface area (Å²) in [5.74, 6) is 0. The highest BCUT2D eigenvalue weighted by Gasteiger charge is 2.21. The Hall–Kier alpha value is -6.72. The van der Waals surface area contributed by atoms with E-state index in [9.17, 15) is 0 Å². The third-order valence-electron chi connectivity index (χ3n) is 10.4. The predicted molar refractivity (Wildman–Crippen MR) is 201 cm³/mol. The lowest BCUT2D eigenvalue weighted by Gasteiger charge is -2.09. The van der Waals surface area contributed by atoms with Crippen LogP contribution < -0.4 is 0 Å². The smallest absolute Gasteiger partial charge is 0.165 e. The van der Waals surface area contributed by atoms with Crippen molar-refractivity contribution in [3.63, 3.8) is 0 Å². The van der Waals surface area contributed by atoms with Crippen LogP contribution in [0, 0.1) is 0 Å². The first-order valence-electron chi connectivity index (χ1n) is 16.6. The molecular weight excluding hydrogens is 601 g/mol. The lowest BCUT2D eigenvalue weighted by molar-refractivity contribution is 0.669. The van der Waals surface area contributed by atoms with Crippen LogP contribution >= 0.6 is 0 Å². The van der Waals surface area contributed by atoms with E-state index in [2.05, 4.69) is 118 Å². The minimum atomic E-state index is 0.902. The van der Waals surface area contributed by atoms with Crippen molar-refractivity contribution in [2.24, 2.45) is 0 Å². The first-order valence-corrected chi connectivity index (χ1v) is 16.6. The first-order chi connectivity index (χ1) is 24.3. The Morgan fingerprint density at radius 2 is 1.08 bits per heavy atom. The van der Waals surface area contributed by atoms with E-state index in [-0.39, 0.29) is 0 Å². The highest BCUT2D eigenvalue weighted by Crippen LogP contribution is 2.41. The fourth-order valence-electron chi connectivity index (χ4n) is 8.27. The van der Waals surface area contributed by atoms with Crippen LogP contribution in [0.1, 0.15) is 0 Å². The van der Waals surface area contributed by atoms with Crippen LogP contribution in [-0.4, -0.2) is 18.9 Å². The summed E-state index contributed by atoms with van der Waals surface area (Å²) in [5.41, 5.74) is 13.7. The average Bonchev–Trinajstić information content (AvgIpc) is 3.89. The molecule has 5 heterocycles. The maximum Gasteiger partial charge on any atom is 0.165 e. The summed E-state index contributed by atoms with van der Waals surface area (Å²) in [6.45, 7) is 0. The van der Waals surface area contributed by atoms with Crippen molar-refractivity contribution in [2.75, 3.05) is 0 Å². The zero-order valence-corrected chi connectivity index (χ0v) is 26.1. The molecule has 7 aromatic carbocycles. The summed E-state index contributed by atoms with van der Waals surface area (Å²) in [6.07, 6.45) is 0. The highest BCUT2D eigenvalue weighted by atomic mass is 16.3. The third kappa shape index (κ3) is 3.28. The minimum Gasteiger partial charge on any atom is -0.456 e. The molecule has 0 bridgehead atoms. The number of fused-ring (bicyclic) bond motifs is 13. The lowest BCUT2D eigenvalue weighted by atomic mass is 10.0. The van der Waals surface area contributed by atoms with Gasteiger partial charge in [-0.15, -0.1) is 0 Å². The van der Waals surface area contributed by atoms with Crippen molar-refractivity contribution >= 4 is 93.1 Å². The van der Waals surface area contributed by atoms with Gasteiger partial charge in [-0.05, 0) is 77.9 Å². The molecule has 0 spiro atoms. The summed E-state index contributed by atoms with van der Waals surface area (Å²) in [5, 5.41) is 8.30. The van der Waals surface area contributed by atoms with Gasteiger partial charge in [0.2, 0.25) is 0 Å². The van der Waals surface area contributed by atoms with Gasteiger partial charge in [0.05, 0.1) is 33.1 Å². The van der Waals surface area contributed by atoms with Crippen LogP contribution in [0.25, 0.3) is 110 Å². The molecule has 12 aromatic rings. The molecule has 5 heteroatoms. The van der Waals surface area contributed by atoms with E-state index in [1.165, 1.54) is 49.2 Å². The SMILES string of the molecule is c1ccc2nc3c(nc2c1)c1cccc2c4cc(-n5c6ccccc6c6cc(-c7ccc8oc9ccccc9c8c7)ccc65)ccc4n3c21. The fraction of sp³-hybridized carbons (Fsp3) is 0. The second-order valence-corrected chi connectivity index (χ2v) is 13.0. The Morgan fingerprint density at radius 1 is 0.429 bits per heavy atom. The topological polar surface area (TPSA) is 48.3 Å². The molecule has 5 nitrogen and oxygen atoms in total. The Morgan fingerprint density at radius 3 is 2.00 bits per heavy atom. The van der Waals surface area contributed by atoms with Gasteiger partial charge in [0.15, 0.2) is 5.65 Å². The number of aromatic nitrogens is 4. The second-order valence-electron chi connectivity index (χ2n) is 13.0. The van der Waals surface area contributed by atoms with Gasteiger partial charge in [0, 0.05) is 43.4 Å². The van der Waals surface area contributed by atoms with Gasteiger partial charge in [0.1, 0.15) is 16.7 Å². The molecule has 0 fully saturated rings. The van der Waals surface area contributed by atoms with Crippen molar-refractivity contribution in [3.05, 3.63) is 146 Å². The minimum absolute atomic E-state index is 0.902. The van der Waals surface area contributed by atoms with Crippen LogP contribution in [0.15, 0.2) is 150 Å². The van der Waals surface area contributed by atoms with Gasteiger partial charge >= 0.3 is 0 Å². The number of hydrogen-bond donors (Lipinski definition) is 0. The maximum atomic E-state index is 6.12. The molecule has 0 aliphatic rings. The molecule has 226 valence electrons. The fourth-order valence-corrected chi connectivity index (χ4v) is 8.27. The van der Waals surface area contributed by atoms with Crippen molar-refractivity contribution < 1.29 is 4.42 Å². The summed E-state index contributed by atoms with van der Waals surface area (Å²) < 4.78 is 10.8. The molecule has 0 unspecified atom stereocenters. The van der Waals surface area contributed by atoms with E-state index in [0.717, 1.165) is 60.7 Å². The van der Waals surface area contributed by atoms with E-state index in [0.29, 0.717) is 0 Å². The van der Waals surface area contributed by atoms with Gasteiger partial charge in [-0.25, -0.2) is 9.97 Å². The Balaban J connectivity index is 1.09. The predicted octanol–water partition coefficient (Wildman–Crippen LogP) is 11.4. The molecule has 0 amide bonds. The second kappa shape index (κ2) is 9.00. The van der Waals surface area contributed by atoms with Crippen molar-refractivity contribution in [3.8, 4) is 16.8 Å². The number of nitrogens with zero attached hydrogens (tertiary/aromatic N) is 4. The summed E-state index contributed by atoms with van der Waals surface area (Å²) in [7, 11) is 0. The number of rotatable bonds is 2. The quantitative estimate of drug-likeness (QED) is 0.192. The van der Waals surface area contributed by atoms with Crippen molar-refractivity contribution in [1.29, 1.82) is 0 Å². The van der Waals surface area contributed by atoms with E-state index < -0.39 is 0 Å². The molecule has 0 N–H and O–H groups in total. The zero-order valence-electron chi connectivity index (χ0n) is 26.1.